The van der Waals surface area contributed by atoms with Gasteiger partial charge in [0.1, 0.15) is 22.8 Å². The van der Waals surface area contributed by atoms with E-state index in [2.05, 4.69) is 0 Å². The van der Waals surface area contributed by atoms with E-state index in [4.69, 9.17) is 18.9 Å². The summed E-state index contributed by atoms with van der Waals surface area (Å²) in [5, 5.41) is 0. The van der Waals surface area contributed by atoms with E-state index in [9.17, 15) is 19.2 Å². The lowest BCUT2D eigenvalue weighted by molar-refractivity contribution is -0.159. The fourth-order valence-corrected chi connectivity index (χ4v) is 5.20. The van der Waals surface area contributed by atoms with Gasteiger partial charge in [-0.15, -0.1) is 0 Å². The van der Waals surface area contributed by atoms with Gasteiger partial charge in [-0.2, -0.15) is 0 Å². The summed E-state index contributed by atoms with van der Waals surface area (Å²) in [6.07, 6.45) is 0. The van der Waals surface area contributed by atoms with E-state index >= 15 is 0 Å². The van der Waals surface area contributed by atoms with Crippen molar-refractivity contribution in [1.82, 2.24) is 19.6 Å². The summed E-state index contributed by atoms with van der Waals surface area (Å²) in [4.78, 5) is 60.1. The summed E-state index contributed by atoms with van der Waals surface area (Å²) >= 11 is 0. The van der Waals surface area contributed by atoms with Crippen LogP contribution in [0.25, 0.3) is 0 Å². The number of hydrogen-bond donors (Lipinski definition) is 0. The second kappa shape index (κ2) is 17.9. The number of carbonyl (C=O) groups is 4. The highest BCUT2D eigenvalue weighted by Crippen LogP contribution is 2.23. The quantitative estimate of drug-likeness (QED) is 0.286. The smallest absolute Gasteiger partial charge is 0.327 e. The van der Waals surface area contributed by atoms with E-state index in [1.807, 2.05) is 112 Å². The van der Waals surface area contributed by atoms with Crippen molar-refractivity contribution in [2.75, 3.05) is 79.1 Å². The highest BCUT2D eigenvalue weighted by Gasteiger charge is 2.31. The predicted molar refractivity (Wildman–Crippen MR) is 180 cm³/mol. The number of hydrogen-bond acceptors (Lipinski definition) is 12. The molecule has 1 heterocycles. The Hall–Kier alpha value is -3.06. The van der Waals surface area contributed by atoms with Crippen LogP contribution in [0.15, 0.2) is 30.3 Å². The monoisotopic (exact) mass is 662 g/mol. The van der Waals surface area contributed by atoms with Crippen molar-refractivity contribution in [3.63, 3.8) is 0 Å². The van der Waals surface area contributed by atoms with Crippen LogP contribution < -0.4 is 0 Å². The Balaban J connectivity index is 2.44. The minimum absolute atomic E-state index is 0.0460. The zero-order valence-electron chi connectivity index (χ0n) is 30.3. The first-order valence-corrected chi connectivity index (χ1v) is 16.4. The highest BCUT2D eigenvalue weighted by molar-refractivity contribution is 5.77. The van der Waals surface area contributed by atoms with Crippen LogP contribution in [0.2, 0.25) is 0 Å². The minimum Gasteiger partial charge on any atom is -0.468 e. The first kappa shape index (κ1) is 40.1. The van der Waals surface area contributed by atoms with E-state index in [0.717, 1.165) is 5.56 Å². The Morgan fingerprint density at radius 2 is 0.894 bits per heavy atom. The molecule has 12 heteroatoms. The normalized spacial score (nSPS) is 17.9. The topological polar surface area (TPSA) is 118 Å². The van der Waals surface area contributed by atoms with E-state index in [0.29, 0.717) is 52.4 Å². The van der Waals surface area contributed by atoms with Crippen molar-refractivity contribution in [2.45, 2.75) is 85.2 Å². The van der Waals surface area contributed by atoms with Gasteiger partial charge in [-0.05, 0) is 67.9 Å². The average Bonchev–Trinajstić information content (AvgIpc) is 2.91. The van der Waals surface area contributed by atoms with Crippen LogP contribution in [0.5, 0.6) is 0 Å². The summed E-state index contributed by atoms with van der Waals surface area (Å²) in [6.45, 7) is 20.2. The van der Waals surface area contributed by atoms with Gasteiger partial charge in [0.05, 0.1) is 26.7 Å². The van der Waals surface area contributed by atoms with Crippen LogP contribution in [-0.2, 0) is 38.1 Å². The third kappa shape index (κ3) is 16.6. The molecule has 0 spiro atoms. The Kier molecular flexibility index (Phi) is 15.3. The number of methoxy groups -OCH3 is 1. The zero-order valence-corrected chi connectivity index (χ0v) is 30.3. The molecule has 2 rings (SSSR count). The van der Waals surface area contributed by atoms with Gasteiger partial charge >= 0.3 is 23.9 Å². The molecule has 1 saturated heterocycles. The second-order valence-corrected chi connectivity index (χ2v) is 15.0. The molecule has 0 amide bonds. The number of ether oxygens (including phenoxy) is 4. The van der Waals surface area contributed by atoms with Gasteiger partial charge in [0.2, 0.25) is 0 Å². The van der Waals surface area contributed by atoms with Gasteiger partial charge < -0.3 is 18.9 Å². The molecule has 1 unspecified atom stereocenters. The summed E-state index contributed by atoms with van der Waals surface area (Å²) in [6, 6.07) is 8.74. The lowest BCUT2D eigenvalue weighted by atomic mass is 10.0. The maximum absolute atomic E-state index is 13.3. The van der Waals surface area contributed by atoms with Crippen molar-refractivity contribution >= 4 is 23.9 Å². The minimum atomic E-state index is -0.695. The molecule has 1 atom stereocenters. The fraction of sp³-hybridized carbons (Fsp3) is 0.714. The van der Waals surface area contributed by atoms with Crippen LogP contribution in [0, 0.1) is 0 Å². The van der Waals surface area contributed by atoms with Gasteiger partial charge in [-0.25, -0.2) is 4.79 Å². The van der Waals surface area contributed by atoms with Crippen LogP contribution in [-0.4, -0.2) is 139 Å². The zero-order chi connectivity index (χ0) is 35.4. The van der Waals surface area contributed by atoms with Gasteiger partial charge in [0.15, 0.2) is 0 Å². The molecule has 0 N–H and O–H groups in total. The molecule has 1 aromatic carbocycles. The Bertz CT molecular complexity index is 1110. The van der Waals surface area contributed by atoms with E-state index in [1.165, 1.54) is 7.11 Å². The molecule has 1 aromatic rings. The number of carbonyl (C=O) groups excluding carboxylic acids is 4. The van der Waals surface area contributed by atoms with Gasteiger partial charge in [0.25, 0.3) is 0 Å². The SMILES string of the molecule is COC(=O)C(c1ccccc1)N1CCN(CC(=O)OC(C)(C)C)CCN(CC(=O)OC(C)(C)C)CCN(CC(=O)OC(C)(C)C)CC1. The van der Waals surface area contributed by atoms with E-state index in [1.54, 1.807) is 0 Å². The average molecular weight is 663 g/mol. The maximum atomic E-state index is 13.3. The number of benzene rings is 1. The molecule has 0 aromatic heterocycles. The number of nitrogens with zero attached hydrogens (tertiary/aromatic N) is 4. The third-order valence-corrected chi connectivity index (χ3v) is 7.09. The second-order valence-electron chi connectivity index (χ2n) is 15.0. The Morgan fingerprint density at radius 3 is 1.19 bits per heavy atom. The highest BCUT2D eigenvalue weighted by atomic mass is 16.6. The molecule has 266 valence electrons. The molecule has 47 heavy (non-hydrogen) atoms. The molecule has 1 fully saturated rings. The molecular weight excluding hydrogens is 604 g/mol. The summed E-state index contributed by atoms with van der Waals surface area (Å²) in [7, 11) is 1.37. The van der Waals surface area contributed by atoms with Gasteiger partial charge in [-0.3, -0.25) is 34.0 Å². The van der Waals surface area contributed by atoms with Crippen molar-refractivity contribution < 1.29 is 38.1 Å². The fourth-order valence-electron chi connectivity index (χ4n) is 5.20. The standard InChI is InChI=1S/C35H58N4O8/c1-33(2,3)45-28(40)24-36-16-18-37(25-29(41)46-34(4,5)6)20-22-39(31(32(43)44-10)27-14-12-11-13-15-27)23-21-38(19-17-36)26-30(42)47-35(7,8)9/h11-15,31H,16-26H2,1-10H3. The van der Waals surface area contributed by atoms with Crippen LogP contribution >= 0.6 is 0 Å². The Labute approximate surface area is 281 Å². The Morgan fingerprint density at radius 1 is 0.574 bits per heavy atom. The van der Waals surface area contributed by atoms with Crippen LogP contribution in [0.1, 0.15) is 73.9 Å². The molecule has 1 aliphatic heterocycles. The first-order chi connectivity index (χ1) is 21.7. The van der Waals surface area contributed by atoms with E-state index < -0.39 is 28.8 Å². The molecule has 0 saturated carbocycles. The number of rotatable bonds is 9. The van der Waals surface area contributed by atoms with Gasteiger partial charge in [-0.1, -0.05) is 30.3 Å². The molecule has 1 aliphatic rings. The number of esters is 4. The van der Waals surface area contributed by atoms with Crippen molar-refractivity contribution in [3.8, 4) is 0 Å². The van der Waals surface area contributed by atoms with Gasteiger partial charge in [0, 0.05) is 52.4 Å². The molecule has 12 nitrogen and oxygen atoms in total. The van der Waals surface area contributed by atoms with Crippen molar-refractivity contribution in [2.24, 2.45) is 0 Å². The lowest BCUT2D eigenvalue weighted by Gasteiger charge is -2.36. The van der Waals surface area contributed by atoms with Crippen molar-refractivity contribution in [3.05, 3.63) is 35.9 Å². The summed E-state index contributed by atoms with van der Waals surface area (Å²) in [5.74, 6) is -1.46. The molecule has 0 bridgehead atoms. The van der Waals surface area contributed by atoms with Crippen LogP contribution in [0.3, 0.4) is 0 Å². The summed E-state index contributed by atoms with van der Waals surface area (Å²) < 4.78 is 22.2. The molecular formula is C35H58N4O8. The first-order valence-electron chi connectivity index (χ1n) is 16.4. The molecule has 0 aliphatic carbocycles. The predicted octanol–water partition coefficient (Wildman–Crippen LogP) is 3.15. The van der Waals surface area contributed by atoms with E-state index in [-0.39, 0.29) is 37.5 Å². The maximum Gasteiger partial charge on any atom is 0.327 e. The van der Waals surface area contributed by atoms with Crippen LogP contribution in [0.4, 0.5) is 0 Å². The summed E-state index contributed by atoms with van der Waals surface area (Å²) in [5.41, 5.74) is -1.13. The lowest BCUT2D eigenvalue weighted by Crippen LogP contribution is -2.50. The third-order valence-electron chi connectivity index (χ3n) is 7.09. The largest absolute Gasteiger partial charge is 0.468 e. The van der Waals surface area contributed by atoms with Crippen molar-refractivity contribution in [1.29, 1.82) is 0 Å². The molecule has 0 radical (unpaired) electrons.